The van der Waals surface area contributed by atoms with Crippen LogP contribution in [-0.2, 0) is 23.6 Å². The molecule has 0 heterocycles. The van der Waals surface area contributed by atoms with Gasteiger partial charge in [0, 0.05) is 9.79 Å². The van der Waals surface area contributed by atoms with Crippen molar-refractivity contribution in [2.45, 2.75) is 36.0 Å². The molecular formula is C22H22OS. The SMILES string of the molecule is Cc1ccc([S@](=O)c2ccccc2CCCc2ccccc2)cc1. The fraction of sp³-hybridized carbons (Fsp3) is 0.182. The van der Waals surface area contributed by atoms with E-state index < -0.39 is 10.8 Å². The zero-order valence-corrected chi connectivity index (χ0v) is 14.8. The predicted octanol–water partition coefficient (Wildman–Crippen LogP) is 5.34. The van der Waals surface area contributed by atoms with Gasteiger partial charge >= 0.3 is 0 Å². The van der Waals surface area contributed by atoms with Crippen LogP contribution in [0.25, 0.3) is 0 Å². The number of rotatable bonds is 6. The van der Waals surface area contributed by atoms with Crippen molar-refractivity contribution in [3.8, 4) is 0 Å². The van der Waals surface area contributed by atoms with Crippen molar-refractivity contribution in [2.75, 3.05) is 0 Å². The van der Waals surface area contributed by atoms with E-state index in [0.29, 0.717) is 0 Å². The highest BCUT2D eigenvalue weighted by Crippen LogP contribution is 2.22. The molecule has 0 unspecified atom stereocenters. The van der Waals surface area contributed by atoms with Crippen LogP contribution in [0.1, 0.15) is 23.1 Å². The summed E-state index contributed by atoms with van der Waals surface area (Å²) in [6.07, 6.45) is 3.06. The fourth-order valence-electron chi connectivity index (χ4n) is 2.81. The van der Waals surface area contributed by atoms with Gasteiger partial charge in [-0.2, -0.15) is 0 Å². The van der Waals surface area contributed by atoms with Gasteiger partial charge in [-0.1, -0.05) is 66.2 Å². The quantitative estimate of drug-likeness (QED) is 0.595. The molecule has 1 nitrogen and oxygen atoms in total. The lowest BCUT2D eigenvalue weighted by Crippen LogP contribution is -2.00. The normalized spacial score (nSPS) is 12.0. The van der Waals surface area contributed by atoms with Gasteiger partial charge in [-0.3, -0.25) is 0 Å². The van der Waals surface area contributed by atoms with Gasteiger partial charge in [0.25, 0.3) is 0 Å². The van der Waals surface area contributed by atoms with Gasteiger partial charge < -0.3 is 0 Å². The van der Waals surface area contributed by atoms with Gasteiger partial charge in [-0.25, -0.2) is 4.21 Å². The molecular weight excluding hydrogens is 312 g/mol. The summed E-state index contributed by atoms with van der Waals surface area (Å²) in [6.45, 7) is 2.05. The zero-order valence-electron chi connectivity index (χ0n) is 13.9. The fourth-order valence-corrected chi connectivity index (χ4v) is 4.06. The maximum absolute atomic E-state index is 12.9. The Labute approximate surface area is 146 Å². The van der Waals surface area contributed by atoms with E-state index >= 15 is 0 Å². The first-order chi connectivity index (χ1) is 11.7. The van der Waals surface area contributed by atoms with Gasteiger partial charge in [0.2, 0.25) is 0 Å². The lowest BCUT2D eigenvalue weighted by molar-refractivity contribution is 0.681. The first kappa shape index (κ1) is 16.7. The summed E-state index contributed by atoms with van der Waals surface area (Å²) in [4.78, 5) is 1.81. The molecule has 0 saturated carbocycles. The van der Waals surface area contributed by atoms with Crippen molar-refractivity contribution in [3.63, 3.8) is 0 Å². The maximum Gasteiger partial charge on any atom is 0.0852 e. The van der Waals surface area contributed by atoms with Crippen molar-refractivity contribution in [3.05, 3.63) is 95.6 Å². The van der Waals surface area contributed by atoms with Crippen LogP contribution in [0.2, 0.25) is 0 Å². The molecule has 0 aromatic heterocycles. The minimum absolute atomic E-state index is 0.871. The second-order valence-electron chi connectivity index (χ2n) is 6.03. The Kier molecular flexibility index (Phi) is 5.60. The average molecular weight is 334 g/mol. The van der Waals surface area contributed by atoms with Crippen molar-refractivity contribution < 1.29 is 4.21 Å². The Morgan fingerprint density at radius 2 is 1.42 bits per heavy atom. The van der Waals surface area contributed by atoms with Crippen molar-refractivity contribution in [1.29, 1.82) is 0 Å². The van der Waals surface area contributed by atoms with Gasteiger partial charge in [0.05, 0.1) is 10.8 Å². The van der Waals surface area contributed by atoms with Crippen LogP contribution in [0.4, 0.5) is 0 Å². The van der Waals surface area contributed by atoms with Crippen molar-refractivity contribution in [1.82, 2.24) is 0 Å². The smallest absolute Gasteiger partial charge is 0.0852 e. The summed E-state index contributed by atoms with van der Waals surface area (Å²) in [6, 6.07) is 26.6. The molecule has 1 atom stereocenters. The molecule has 24 heavy (non-hydrogen) atoms. The monoisotopic (exact) mass is 334 g/mol. The molecule has 0 aliphatic heterocycles. The summed E-state index contributed by atoms with van der Waals surface area (Å²) < 4.78 is 12.9. The third-order valence-electron chi connectivity index (χ3n) is 4.16. The summed E-state index contributed by atoms with van der Waals surface area (Å²) in [5, 5.41) is 0. The van der Waals surface area contributed by atoms with Crippen LogP contribution in [0.15, 0.2) is 88.7 Å². The van der Waals surface area contributed by atoms with Crippen LogP contribution in [-0.4, -0.2) is 4.21 Å². The first-order valence-electron chi connectivity index (χ1n) is 8.34. The van der Waals surface area contributed by atoms with Gasteiger partial charge in [-0.05, 0) is 55.5 Å². The molecule has 122 valence electrons. The Morgan fingerprint density at radius 3 is 2.17 bits per heavy atom. The largest absolute Gasteiger partial charge is 0.249 e. The van der Waals surface area contributed by atoms with Crippen LogP contribution < -0.4 is 0 Å². The minimum atomic E-state index is -1.11. The Hall–Kier alpha value is -2.19. The molecule has 0 bridgehead atoms. The molecule has 0 fully saturated rings. The van der Waals surface area contributed by atoms with E-state index in [1.807, 2.05) is 55.5 Å². The third-order valence-corrected chi connectivity index (χ3v) is 5.66. The maximum atomic E-state index is 12.9. The van der Waals surface area contributed by atoms with Gasteiger partial charge in [0.1, 0.15) is 0 Å². The van der Waals surface area contributed by atoms with Crippen LogP contribution in [0.3, 0.4) is 0 Å². The molecule has 0 radical (unpaired) electrons. The lowest BCUT2D eigenvalue weighted by Gasteiger charge is -2.10. The molecule has 0 amide bonds. The van der Waals surface area contributed by atoms with Gasteiger partial charge in [-0.15, -0.1) is 0 Å². The summed E-state index contributed by atoms with van der Waals surface area (Å²) >= 11 is 0. The molecule has 3 aromatic rings. The number of hydrogen-bond acceptors (Lipinski definition) is 1. The Morgan fingerprint density at radius 1 is 0.750 bits per heavy atom. The second kappa shape index (κ2) is 8.07. The predicted molar refractivity (Wildman–Crippen MR) is 101 cm³/mol. The molecule has 0 aliphatic carbocycles. The summed E-state index contributed by atoms with van der Waals surface area (Å²) in [7, 11) is -1.11. The molecule has 2 heteroatoms. The van der Waals surface area contributed by atoms with E-state index in [-0.39, 0.29) is 0 Å². The van der Waals surface area contributed by atoms with Crippen molar-refractivity contribution >= 4 is 10.8 Å². The van der Waals surface area contributed by atoms with E-state index in [4.69, 9.17) is 0 Å². The van der Waals surface area contributed by atoms with E-state index in [1.54, 1.807) is 0 Å². The summed E-state index contributed by atoms with van der Waals surface area (Å²) in [5.41, 5.74) is 3.73. The molecule has 3 aromatic carbocycles. The Balaban J connectivity index is 1.73. The molecule has 0 spiro atoms. The van der Waals surface area contributed by atoms with E-state index in [2.05, 4.69) is 30.3 Å². The van der Waals surface area contributed by atoms with Crippen LogP contribution in [0, 0.1) is 6.92 Å². The molecule has 0 saturated heterocycles. The number of hydrogen-bond donors (Lipinski definition) is 0. The average Bonchev–Trinajstić information content (AvgIpc) is 2.63. The lowest BCUT2D eigenvalue weighted by atomic mass is 10.0. The van der Waals surface area contributed by atoms with Crippen LogP contribution >= 0.6 is 0 Å². The molecule has 0 aliphatic rings. The Bertz CT molecular complexity index is 807. The summed E-state index contributed by atoms with van der Waals surface area (Å²) in [5.74, 6) is 0. The highest BCUT2D eigenvalue weighted by atomic mass is 32.2. The molecule has 3 rings (SSSR count). The number of aryl methyl sites for hydroxylation is 3. The highest BCUT2D eigenvalue weighted by molar-refractivity contribution is 7.85. The first-order valence-corrected chi connectivity index (χ1v) is 9.49. The minimum Gasteiger partial charge on any atom is -0.249 e. The standard InChI is InChI=1S/C22H22OS/c1-18-14-16-21(17-15-18)24(23)22-13-6-5-11-20(22)12-7-10-19-8-3-2-4-9-19/h2-6,8-9,11,13-17H,7,10,12H2,1H3/t24-/m0/s1. The van der Waals surface area contributed by atoms with Gasteiger partial charge in [0.15, 0.2) is 0 Å². The zero-order chi connectivity index (χ0) is 16.8. The topological polar surface area (TPSA) is 17.1 Å². The molecule has 0 N–H and O–H groups in total. The van der Waals surface area contributed by atoms with E-state index in [1.165, 1.54) is 16.7 Å². The van der Waals surface area contributed by atoms with Crippen LogP contribution in [0.5, 0.6) is 0 Å². The third kappa shape index (κ3) is 4.21. The highest BCUT2D eigenvalue weighted by Gasteiger charge is 2.11. The van der Waals surface area contributed by atoms with Crippen molar-refractivity contribution in [2.24, 2.45) is 0 Å². The van der Waals surface area contributed by atoms with E-state index in [0.717, 1.165) is 29.1 Å². The van der Waals surface area contributed by atoms with E-state index in [9.17, 15) is 4.21 Å². The second-order valence-corrected chi connectivity index (χ2v) is 7.48. The number of benzene rings is 3.